The summed E-state index contributed by atoms with van der Waals surface area (Å²) in [6.07, 6.45) is 4.67. The van der Waals surface area contributed by atoms with Gasteiger partial charge in [-0.25, -0.2) is 13.6 Å². The Morgan fingerprint density at radius 3 is 2.83 bits per heavy atom. The predicted molar refractivity (Wildman–Crippen MR) is 92.9 cm³/mol. The van der Waals surface area contributed by atoms with Gasteiger partial charge in [0.1, 0.15) is 0 Å². The first kappa shape index (κ1) is 18.3. The van der Waals surface area contributed by atoms with Crippen LogP contribution in [0.4, 0.5) is 0 Å². The molecular formula is C17H30N2O4S. The van der Waals surface area contributed by atoms with Gasteiger partial charge in [-0.3, -0.25) is 4.90 Å². The molecule has 0 aromatic heterocycles. The van der Waals surface area contributed by atoms with Gasteiger partial charge in [0.2, 0.25) is 10.0 Å². The first-order valence-corrected chi connectivity index (χ1v) is 10.5. The Hall–Kier alpha value is -0.470. The van der Waals surface area contributed by atoms with E-state index in [2.05, 4.69) is 19.9 Å². The number of likely N-dealkylation sites (tertiary alicyclic amines) is 1. The predicted octanol–water partition coefficient (Wildman–Crippen LogP) is 0.719. The van der Waals surface area contributed by atoms with Crippen LogP contribution in [0.2, 0.25) is 0 Å². The van der Waals surface area contributed by atoms with Crippen molar-refractivity contribution in [3.63, 3.8) is 0 Å². The fourth-order valence-corrected chi connectivity index (χ4v) is 5.39. The zero-order valence-corrected chi connectivity index (χ0v) is 15.5. The van der Waals surface area contributed by atoms with Crippen molar-refractivity contribution in [3.8, 4) is 0 Å². The second-order valence-corrected chi connectivity index (χ2v) is 10.1. The Kier molecular flexibility index (Phi) is 5.10. The number of fused-ring (bicyclic) bond motifs is 1. The third-order valence-corrected chi connectivity index (χ3v) is 7.64. The van der Waals surface area contributed by atoms with E-state index in [1.807, 2.05) is 4.90 Å². The van der Waals surface area contributed by atoms with Gasteiger partial charge in [-0.1, -0.05) is 19.9 Å². The molecule has 4 atom stereocenters. The molecule has 3 N–H and O–H groups in total. The summed E-state index contributed by atoms with van der Waals surface area (Å²) in [6, 6.07) is 0. The van der Waals surface area contributed by atoms with Crippen LogP contribution in [0, 0.1) is 17.3 Å². The van der Waals surface area contributed by atoms with Crippen molar-refractivity contribution < 1.29 is 18.3 Å². The van der Waals surface area contributed by atoms with E-state index < -0.39 is 21.4 Å². The van der Waals surface area contributed by atoms with E-state index in [0.717, 1.165) is 12.3 Å². The lowest BCUT2D eigenvalue weighted by Crippen LogP contribution is -2.48. The van der Waals surface area contributed by atoms with Crippen molar-refractivity contribution in [2.75, 3.05) is 32.8 Å². The number of nitrogens with two attached hydrogens (primary N) is 1. The van der Waals surface area contributed by atoms with Crippen molar-refractivity contribution in [2.45, 2.75) is 44.5 Å². The maximum absolute atomic E-state index is 11.4. The van der Waals surface area contributed by atoms with Crippen molar-refractivity contribution >= 4 is 10.0 Å². The zero-order chi connectivity index (χ0) is 17.5. The SMILES string of the molecule is CC1(C)C2CC=C(COCC(O)CN3CCC(S(N)(=O)=O)C3)C1C2. The molecule has 3 aliphatic carbocycles. The summed E-state index contributed by atoms with van der Waals surface area (Å²) in [7, 11) is -3.48. The maximum Gasteiger partial charge on any atom is 0.213 e. The monoisotopic (exact) mass is 358 g/mol. The Bertz CT molecular complexity index is 602. The van der Waals surface area contributed by atoms with E-state index in [1.54, 1.807) is 0 Å². The lowest BCUT2D eigenvalue weighted by Gasteiger charge is -2.56. The second kappa shape index (κ2) is 6.68. The highest BCUT2D eigenvalue weighted by Crippen LogP contribution is 2.59. The van der Waals surface area contributed by atoms with Gasteiger partial charge in [-0.2, -0.15) is 0 Å². The van der Waals surface area contributed by atoms with E-state index in [9.17, 15) is 13.5 Å². The van der Waals surface area contributed by atoms with Gasteiger partial charge in [-0.05, 0) is 48.6 Å². The van der Waals surface area contributed by atoms with E-state index in [0.29, 0.717) is 44.0 Å². The molecule has 4 unspecified atom stereocenters. The number of aliphatic hydroxyl groups excluding tert-OH is 1. The summed E-state index contributed by atoms with van der Waals surface area (Å²) in [5.74, 6) is 1.45. The standard InChI is InChI=1S/C17H30N2O4S/c1-17(2)13-4-3-12(16(17)7-13)10-23-11-14(20)8-19-6-5-15(9-19)24(18,21)22/h3,13-16,20H,4-11H2,1-2H3,(H2,18,21,22). The quantitative estimate of drug-likeness (QED) is 0.654. The van der Waals surface area contributed by atoms with Gasteiger partial charge in [-0.15, -0.1) is 0 Å². The van der Waals surface area contributed by atoms with Gasteiger partial charge in [0.15, 0.2) is 0 Å². The third kappa shape index (κ3) is 3.70. The summed E-state index contributed by atoms with van der Waals surface area (Å²) < 4.78 is 28.5. The minimum absolute atomic E-state index is 0.282. The topological polar surface area (TPSA) is 92.9 Å². The number of primary sulfonamides is 1. The Morgan fingerprint density at radius 2 is 2.25 bits per heavy atom. The van der Waals surface area contributed by atoms with E-state index in [1.165, 1.54) is 12.0 Å². The molecule has 7 heteroatoms. The minimum Gasteiger partial charge on any atom is -0.389 e. The Morgan fingerprint density at radius 1 is 1.50 bits per heavy atom. The highest BCUT2D eigenvalue weighted by Gasteiger charge is 2.50. The minimum atomic E-state index is -3.48. The summed E-state index contributed by atoms with van der Waals surface area (Å²) in [4.78, 5) is 1.95. The van der Waals surface area contributed by atoms with Crippen LogP contribution in [0.3, 0.4) is 0 Å². The van der Waals surface area contributed by atoms with Gasteiger partial charge in [0.25, 0.3) is 0 Å². The molecule has 0 radical (unpaired) electrons. The van der Waals surface area contributed by atoms with Crippen LogP contribution in [0.1, 0.15) is 33.1 Å². The molecule has 0 aromatic carbocycles. The number of rotatable bonds is 7. The largest absolute Gasteiger partial charge is 0.389 e. The number of β-amino-alcohol motifs (C(OH)–C–C–N with tert-alkyl or cyclic N) is 1. The van der Waals surface area contributed by atoms with Crippen molar-refractivity contribution in [2.24, 2.45) is 22.4 Å². The molecule has 2 fully saturated rings. The third-order valence-electron chi connectivity index (χ3n) is 6.32. The molecule has 1 saturated carbocycles. The molecule has 24 heavy (non-hydrogen) atoms. The van der Waals surface area contributed by atoms with Crippen LogP contribution in [0.25, 0.3) is 0 Å². The molecule has 1 heterocycles. The van der Waals surface area contributed by atoms with Crippen LogP contribution in [0.5, 0.6) is 0 Å². The van der Waals surface area contributed by atoms with E-state index >= 15 is 0 Å². The molecule has 4 rings (SSSR count). The average Bonchev–Trinajstić information content (AvgIpc) is 2.95. The molecule has 2 bridgehead atoms. The number of ether oxygens (including phenoxy) is 1. The van der Waals surface area contributed by atoms with Gasteiger partial charge in [0.05, 0.1) is 24.6 Å². The molecule has 0 spiro atoms. The Balaban J connectivity index is 1.38. The Labute approximate surface area is 145 Å². The summed E-state index contributed by atoms with van der Waals surface area (Å²) in [6.45, 7) is 7.04. The van der Waals surface area contributed by atoms with Gasteiger partial charge in [0, 0.05) is 13.1 Å². The van der Waals surface area contributed by atoms with Crippen molar-refractivity contribution in [1.82, 2.24) is 4.90 Å². The highest BCUT2D eigenvalue weighted by molar-refractivity contribution is 7.89. The van der Waals surface area contributed by atoms with Crippen LogP contribution < -0.4 is 5.14 Å². The lowest BCUT2D eigenvalue weighted by atomic mass is 9.49. The molecule has 1 aliphatic heterocycles. The number of allylic oxidation sites excluding steroid dienone is 1. The van der Waals surface area contributed by atoms with Crippen LogP contribution in [-0.4, -0.2) is 62.6 Å². The number of sulfonamides is 1. The van der Waals surface area contributed by atoms with Crippen molar-refractivity contribution in [1.29, 1.82) is 0 Å². The van der Waals surface area contributed by atoms with Crippen molar-refractivity contribution in [3.05, 3.63) is 11.6 Å². The van der Waals surface area contributed by atoms with Crippen LogP contribution >= 0.6 is 0 Å². The van der Waals surface area contributed by atoms with Gasteiger partial charge >= 0.3 is 0 Å². The fraction of sp³-hybridized carbons (Fsp3) is 0.882. The first-order chi connectivity index (χ1) is 11.2. The number of hydrogen-bond acceptors (Lipinski definition) is 5. The normalized spacial score (nSPS) is 33.8. The number of aliphatic hydroxyl groups is 1. The number of hydrogen-bond donors (Lipinski definition) is 2. The molecule has 0 aromatic rings. The maximum atomic E-state index is 11.4. The second-order valence-electron chi connectivity index (χ2n) is 8.25. The zero-order valence-electron chi connectivity index (χ0n) is 14.6. The van der Waals surface area contributed by atoms with Crippen LogP contribution in [0.15, 0.2) is 11.6 Å². The molecule has 1 saturated heterocycles. The highest BCUT2D eigenvalue weighted by atomic mass is 32.2. The number of nitrogens with zero attached hydrogens (tertiary/aromatic N) is 1. The first-order valence-electron chi connectivity index (χ1n) is 8.86. The molecular weight excluding hydrogens is 328 g/mol. The summed E-state index contributed by atoms with van der Waals surface area (Å²) in [5, 5.41) is 14.8. The smallest absolute Gasteiger partial charge is 0.213 e. The summed E-state index contributed by atoms with van der Waals surface area (Å²) in [5.41, 5.74) is 1.77. The van der Waals surface area contributed by atoms with E-state index in [-0.39, 0.29) is 6.61 Å². The van der Waals surface area contributed by atoms with Gasteiger partial charge < -0.3 is 9.84 Å². The summed E-state index contributed by atoms with van der Waals surface area (Å²) >= 11 is 0. The van der Waals surface area contributed by atoms with E-state index in [4.69, 9.17) is 9.88 Å². The molecule has 6 nitrogen and oxygen atoms in total. The molecule has 138 valence electrons. The molecule has 4 aliphatic rings. The fourth-order valence-electron chi connectivity index (χ4n) is 4.54. The average molecular weight is 359 g/mol. The van der Waals surface area contributed by atoms with Crippen LogP contribution in [-0.2, 0) is 14.8 Å². The molecule has 0 amide bonds. The lowest BCUT2D eigenvalue weighted by molar-refractivity contribution is -0.0256.